The van der Waals surface area contributed by atoms with E-state index in [1.165, 1.54) is 24.3 Å². The van der Waals surface area contributed by atoms with Gasteiger partial charge in [0.1, 0.15) is 72.2 Å². The Balaban J connectivity index is 1.61. The molecule has 42 heavy (non-hydrogen) atoms. The maximum absolute atomic E-state index is 13.3. The quantitative estimate of drug-likeness (QED) is 0.168. The first-order valence-corrected chi connectivity index (χ1v) is 13.2. The van der Waals surface area contributed by atoms with Crippen LogP contribution < -0.4 is 4.74 Å². The van der Waals surface area contributed by atoms with Gasteiger partial charge in [-0.1, -0.05) is 12.1 Å². The van der Waals surface area contributed by atoms with Crippen molar-refractivity contribution >= 4 is 11.4 Å². The first kappa shape index (κ1) is 30.3. The summed E-state index contributed by atoms with van der Waals surface area (Å²) in [6.45, 7) is -1.54. The number of carbonyl (C=O) groups excluding carboxylic acids is 1. The highest BCUT2D eigenvalue weighted by molar-refractivity contribution is 6.14. The number of rotatable bonds is 6. The van der Waals surface area contributed by atoms with Gasteiger partial charge in [-0.05, 0) is 47.4 Å². The minimum atomic E-state index is -1.90. The molecule has 2 heterocycles. The van der Waals surface area contributed by atoms with Crippen LogP contribution in [0.2, 0.25) is 0 Å². The van der Waals surface area contributed by atoms with Crippen molar-refractivity contribution in [3.8, 4) is 17.2 Å². The summed E-state index contributed by atoms with van der Waals surface area (Å²) in [5.74, 6) is -1.68. The lowest BCUT2D eigenvalue weighted by atomic mass is 9.83. The largest absolute Gasteiger partial charge is 0.508 e. The summed E-state index contributed by atoms with van der Waals surface area (Å²) in [5, 5.41) is 103. The van der Waals surface area contributed by atoms with E-state index in [0.717, 1.165) is 0 Å². The minimum Gasteiger partial charge on any atom is -0.508 e. The Hall–Kier alpha value is -3.15. The van der Waals surface area contributed by atoms with Gasteiger partial charge in [-0.25, -0.2) is 0 Å². The van der Waals surface area contributed by atoms with E-state index in [1.807, 2.05) is 0 Å². The number of aliphatic hydroxyl groups is 8. The van der Waals surface area contributed by atoms with E-state index in [-0.39, 0.29) is 29.0 Å². The lowest BCUT2D eigenvalue weighted by molar-refractivity contribution is -0.278. The number of phenolic OH excluding ortho intramolecular Hbond substituents is 2. The molecule has 2 fully saturated rings. The highest BCUT2D eigenvalue weighted by Crippen LogP contribution is 2.47. The number of ketones is 1. The van der Waals surface area contributed by atoms with E-state index in [4.69, 9.17) is 14.2 Å². The summed E-state index contributed by atoms with van der Waals surface area (Å²) in [5.41, 5.74) is 0.770. The average Bonchev–Trinajstić information content (AvgIpc) is 2.97. The standard InChI is InChI=1S/C28H32O14/c29-8-16-20(33)23(36)25(38)27(40-16)19-15(41-28-26(39)24(37)21(34)17(9-30)42-28)7-12-5-11(6-14(32)18(12)22(19)35)10-1-3-13(31)4-2-10/h1-4,6-7,16-17,20-21,23-31,33-39H,5,8-9H2/t16-,17-,20-,21-,23+,24+,25-,26-,27+,28-/m1/s1. The van der Waals surface area contributed by atoms with Crippen molar-refractivity contribution in [1.29, 1.82) is 0 Å². The van der Waals surface area contributed by atoms with Crippen molar-refractivity contribution in [3.05, 3.63) is 58.7 Å². The van der Waals surface area contributed by atoms with E-state index in [0.29, 0.717) is 11.1 Å². The number of benzene rings is 2. The molecular formula is C28H32O14. The molecule has 2 saturated heterocycles. The van der Waals surface area contributed by atoms with Gasteiger partial charge in [-0.15, -0.1) is 0 Å². The zero-order chi connectivity index (χ0) is 30.5. The molecule has 14 heteroatoms. The van der Waals surface area contributed by atoms with Gasteiger partial charge in [0, 0.05) is 0 Å². The molecule has 228 valence electrons. The van der Waals surface area contributed by atoms with Gasteiger partial charge in [-0.3, -0.25) is 4.79 Å². The van der Waals surface area contributed by atoms with Crippen molar-refractivity contribution in [2.45, 2.75) is 67.6 Å². The molecule has 0 bridgehead atoms. The molecule has 0 amide bonds. The third kappa shape index (κ3) is 5.26. The van der Waals surface area contributed by atoms with Crippen molar-refractivity contribution in [2.24, 2.45) is 0 Å². The number of hydrogen-bond acceptors (Lipinski definition) is 14. The van der Waals surface area contributed by atoms with Crippen LogP contribution in [-0.4, -0.2) is 125 Å². The average molecular weight is 593 g/mol. The summed E-state index contributed by atoms with van der Waals surface area (Å²) in [6, 6.07) is 7.35. The Bertz CT molecular complexity index is 1340. The molecule has 10 atom stereocenters. The van der Waals surface area contributed by atoms with E-state index >= 15 is 0 Å². The third-order valence-corrected chi connectivity index (χ3v) is 7.82. The van der Waals surface area contributed by atoms with Gasteiger partial charge >= 0.3 is 0 Å². The van der Waals surface area contributed by atoms with Crippen molar-refractivity contribution < 1.29 is 70.1 Å². The fourth-order valence-electron chi connectivity index (χ4n) is 5.48. The molecule has 0 spiro atoms. The van der Waals surface area contributed by atoms with Gasteiger partial charge in [-0.2, -0.15) is 0 Å². The van der Waals surface area contributed by atoms with Crippen molar-refractivity contribution in [2.75, 3.05) is 13.2 Å². The lowest BCUT2D eigenvalue weighted by Crippen LogP contribution is -2.60. The number of ether oxygens (including phenoxy) is 3. The number of aliphatic hydroxyl groups excluding tert-OH is 8. The van der Waals surface area contributed by atoms with Crippen LogP contribution in [0.25, 0.3) is 5.57 Å². The molecule has 0 unspecified atom stereocenters. The second-order valence-corrected chi connectivity index (χ2v) is 10.5. The van der Waals surface area contributed by atoms with Crippen LogP contribution in [0, 0.1) is 0 Å². The SMILES string of the molecule is O=C1C=C(c2ccc(O)cc2)Cc2cc(O[C@@H]3O[C@H](CO)[C@@H](O)[C@H](O)[C@H]3O)c([C@@H]3O[C@H](CO)[C@@H](O)[C@H](O)[C@H]3O)c(O)c21. The van der Waals surface area contributed by atoms with Gasteiger partial charge < -0.3 is 65.3 Å². The third-order valence-electron chi connectivity index (χ3n) is 7.82. The maximum atomic E-state index is 13.3. The van der Waals surface area contributed by atoms with Crippen molar-refractivity contribution in [1.82, 2.24) is 0 Å². The van der Waals surface area contributed by atoms with Crippen molar-refractivity contribution in [3.63, 3.8) is 0 Å². The molecule has 3 aliphatic rings. The molecule has 1 aliphatic carbocycles. The molecule has 0 radical (unpaired) electrons. The number of fused-ring (bicyclic) bond motifs is 1. The number of hydrogen-bond donors (Lipinski definition) is 10. The van der Waals surface area contributed by atoms with Gasteiger partial charge in [0.15, 0.2) is 5.78 Å². The zero-order valence-electron chi connectivity index (χ0n) is 22.0. The summed E-state index contributed by atoms with van der Waals surface area (Å²) in [6.07, 6.45) is -15.7. The number of phenols is 2. The summed E-state index contributed by atoms with van der Waals surface area (Å²) >= 11 is 0. The summed E-state index contributed by atoms with van der Waals surface area (Å²) in [4.78, 5) is 13.3. The topological polar surface area (TPSA) is 247 Å². The summed E-state index contributed by atoms with van der Waals surface area (Å²) < 4.78 is 16.9. The van der Waals surface area contributed by atoms with Gasteiger partial charge in [0.05, 0.1) is 24.3 Å². The zero-order valence-corrected chi connectivity index (χ0v) is 22.0. The normalized spacial score (nSPS) is 35.0. The molecule has 2 aliphatic heterocycles. The molecule has 0 aromatic heterocycles. The maximum Gasteiger partial charge on any atom is 0.229 e. The Morgan fingerprint density at radius 3 is 2.00 bits per heavy atom. The second-order valence-electron chi connectivity index (χ2n) is 10.5. The summed E-state index contributed by atoms with van der Waals surface area (Å²) in [7, 11) is 0. The molecule has 5 rings (SSSR count). The predicted molar refractivity (Wildman–Crippen MR) is 139 cm³/mol. The predicted octanol–water partition coefficient (Wildman–Crippen LogP) is -2.39. The molecule has 10 N–H and O–H groups in total. The van der Waals surface area contributed by atoms with Crippen LogP contribution in [-0.2, 0) is 15.9 Å². The van der Waals surface area contributed by atoms with Crippen LogP contribution in [0.4, 0.5) is 0 Å². The first-order valence-electron chi connectivity index (χ1n) is 13.2. The Morgan fingerprint density at radius 2 is 1.38 bits per heavy atom. The minimum absolute atomic E-state index is 0.0129. The Morgan fingerprint density at radius 1 is 0.786 bits per heavy atom. The Kier molecular flexibility index (Phi) is 8.55. The lowest BCUT2D eigenvalue weighted by Gasteiger charge is -2.42. The van der Waals surface area contributed by atoms with Gasteiger partial charge in [0.25, 0.3) is 0 Å². The monoisotopic (exact) mass is 592 g/mol. The fraction of sp³-hybridized carbons (Fsp3) is 0.464. The van der Waals surface area contributed by atoms with E-state index in [1.54, 1.807) is 12.1 Å². The number of allylic oxidation sites excluding steroid dienone is 2. The van der Waals surface area contributed by atoms with Crippen LogP contribution >= 0.6 is 0 Å². The van der Waals surface area contributed by atoms with E-state index in [9.17, 15) is 55.9 Å². The first-order chi connectivity index (χ1) is 20.0. The molecule has 14 nitrogen and oxygen atoms in total. The van der Waals surface area contributed by atoms with E-state index in [2.05, 4.69) is 0 Å². The highest BCUT2D eigenvalue weighted by Gasteiger charge is 2.49. The molecule has 2 aromatic rings. The van der Waals surface area contributed by atoms with Crippen LogP contribution in [0.3, 0.4) is 0 Å². The van der Waals surface area contributed by atoms with Crippen LogP contribution in [0.15, 0.2) is 36.4 Å². The molecule has 0 saturated carbocycles. The smallest absolute Gasteiger partial charge is 0.229 e. The van der Waals surface area contributed by atoms with Crippen LogP contribution in [0.5, 0.6) is 17.2 Å². The van der Waals surface area contributed by atoms with Gasteiger partial charge in [0.2, 0.25) is 6.29 Å². The van der Waals surface area contributed by atoms with E-state index < -0.39 is 91.5 Å². The Labute approximate surface area is 238 Å². The highest BCUT2D eigenvalue weighted by atomic mass is 16.7. The number of carbonyl (C=O) groups is 1. The molecular weight excluding hydrogens is 560 g/mol. The van der Waals surface area contributed by atoms with Crippen LogP contribution in [0.1, 0.15) is 33.2 Å². The fourth-order valence-corrected chi connectivity index (χ4v) is 5.48. The number of aromatic hydroxyl groups is 2. The molecule has 2 aromatic carbocycles. The second kappa shape index (κ2) is 11.9.